The van der Waals surface area contributed by atoms with Crippen LogP contribution in [0, 0.1) is 12.7 Å². The van der Waals surface area contributed by atoms with Gasteiger partial charge in [0.2, 0.25) is 5.91 Å². The molecular formula is C20H17BrFN3O2S. The van der Waals surface area contributed by atoms with E-state index in [4.69, 9.17) is 0 Å². The van der Waals surface area contributed by atoms with Crippen molar-refractivity contribution in [2.75, 3.05) is 5.32 Å². The second kappa shape index (κ2) is 9.16. The number of carbonyl (C=O) groups is 1. The number of hydrogen-bond donors (Lipinski definition) is 2. The van der Waals surface area contributed by atoms with Crippen molar-refractivity contribution >= 4 is 39.3 Å². The summed E-state index contributed by atoms with van der Waals surface area (Å²) in [6, 6.07) is 13.0. The van der Waals surface area contributed by atoms with Gasteiger partial charge in [0.15, 0.2) is 5.16 Å². The van der Waals surface area contributed by atoms with Gasteiger partial charge < -0.3 is 10.3 Å². The number of nitrogens with one attached hydrogen (secondary N) is 2. The maximum atomic E-state index is 13.0. The van der Waals surface area contributed by atoms with E-state index in [1.165, 1.54) is 30.0 Å². The minimum Gasteiger partial charge on any atom is -0.326 e. The first-order valence-corrected chi connectivity index (χ1v) is 10.2. The normalized spacial score (nSPS) is 10.7. The minimum absolute atomic E-state index is 0.0104. The van der Waals surface area contributed by atoms with E-state index in [1.807, 2.05) is 25.1 Å². The Balaban J connectivity index is 1.66. The van der Waals surface area contributed by atoms with Crippen molar-refractivity contribution in [1.82, 2.24) is 9.97 Å². The number of nitrogens with zero attached hydrogens (tertiary/aromatic N) is 1. The Kier molecular flexibility index (Phi) is 6.64. The number of halogens is 2. The number of aromatic nitrogens is 2. The monoisotopic (exact) mass is 461 g/mol. The molecule has 0 unspecified atom stereocenters. The van der Waals surface area contributed by atoms with Crippen molar-refractivity contribution in [3.05, 3.63) is 86.0 Å². The highest BCUT2D eigenvalue weighted by Gasteiger charge is 2.10. The van der Waals surface area contributed by atoms with Crippen molar-refractivity contribution < 1.29 is 9.18 Å². The molecule has 0 bridgehead atoms. The molecule has 0 radical (unpaired) electrons. The molecule has 0 fully saturated rings. The van der Waals surface area contributed by atoms with Gasteiger partial charge in [0.25, 0.3) is 5.56 Å². The quantitative estimate of drug-likeness (QED) is 0.419. The Morgan fingerprint density at radius 1 is 1.21 bits per heavy atom. The Hall–Kier alpha value is -2.45. The van der Waals surface area contributed by atoms with Crippen molar-refractivity contribution in [3.8, 4) is 0 Å². The molecule has 1 heterocycles. The van der Waals surface area contributed by atoms with Gasteiger partial charge in [-0.1, -0.05) is 39.8 Å². The number of aryl methyl sites for hydroxylation is 1. The highest BCUT2D eigenvalue weighted by atomic mass is 79.9. The summed E-state index contributed by atoms with van der Waals surface area (Å²) in [5.41, 5.74) is 2.61. The van der Waals surface area contributed by atoms with Crippen LogP contribution in [0.3, 0.4) is 0 Å². The van der Waals surface area contributed by atoms with Crippen molar-refractivity contribution in [1.29, 1.82) is 0 Å². The fraction of sp³-hybridized carbons (Fsp3) is 0.150. The number of amides is 1. The summed E-state index contributed by atoms with van der Waals surface area (Å²) in [5, 5.41) is 3.25. The van der Waals surface area contributed by atoms with Crippen LogP contribution >= 0.6 is 27.7 Å². The molecule has 28 heavy (non-hydrogen) atoms. The molecule has 0 aliphatic rings. The van der Waals surface area contributed by atoms with E-state index in [1.54, 1.807) is 12.1 Å². The number of carbonyl (C=O) groups excluding carboxylic acids is 1. The van der Waals surface area contributed by atoms with Crippen molar-refractivity contribution in [2.24, 2.45) is 0 Å². The van der Waals surface area contributed by atoms with Crippen LogP contribution in [-0.4, -0.2) is 15.9 Å². The summed E-state index contributed by atoms with van der Waals surface area (Å²) in [5.74, 6) is -0.0240. The molecule has 0 aliphatic heterocycles. The first-order valence-electron chi connectivity index (χ1n) is 8.42. The largest absolute Gasteiger partial charge is 0.326 e. The highest BCUT2D eigenvalue weighted by molar-refractivity contribution is 9.10. The molecule has 8 heteroatoms. The maximum absolute atomic E-state index is 13.0. The van der Waals surface area contributed by atoms with Gasteiger partial charge in [-0.3, -0.25) is 9.59 Å². The average molecular weight is 462 g/mol. The second-order valence-corrected chi connectivity index (χ2v) is 8.02. The summed E-state index contributed by atoms with van der Waals surface area (Å²) < 4.78 is 13.9. The molecule has 1 amide bonds. The lowest BCUT2D eigenvalue weighted by molar-refractivity contribution is -0.115. The smallest absolute Gasteiger partial charge is 0.251 e. The molecule has 0 spiro atoms. The number of hydrogen-bond acceptors (Lipinski definition) is 4. The lowest BCUT2D eigenvalue weighted by Crippen LogP contribution is -2.18. The molecule has 5 nitrogen and oxygen atoms in total. The fourth-order valence-corrected chi connectivity index (χ4v) is 3.83. The van der Waals surface area contributed by atoms with Gasteiger partial charge in [-0.05, 0) is 48.4 Å². The number of anilines is 1. The zero-order chi connectivity index (χ0) is 20.1. The average Bonchev–Trinajstić information content (AvgIpc) is 2.63. The van der Waals surface area contributed by atoms with Gasteiger partial charge >= 0.3 is 0 Å². The van der Waals surface area contributed by atoms with Gasteiger partial charge in [0, 0.05) is 22.0 Å². The van der Waals surface area contributed by atoms with Crippen molar-refractivity contribution in [2.45, 2.75) is 24.3 Å². The molecule has 0 saturated heterocycles. The molecule has 0 saturated carbocycles. The Labute approximate surface area is 173 Å². The molecule has 3 rings (SSSR count). The van der Waals surface area contributed by atoms with E-state index in [2.05, 4.69) is 31.2 Å². The second-order valence-electron chi connectivity index (χ2n) is 6.14. The van der Waals surface area contributed by atoms with E-state index in [0.29, 0.717) is 22.3 Å². The van der Waals surface area contributed by atoms with Crippen LogP contribution in [0.25, 0.3) is 0 Å². The third-order valence-corrected chi connectivity index (χ3v) is 5.30. The summed E-state index contributed by atoms with van der Waals surface area (Å²) in [7, 11) is 0. The SMILES string of the molecule is Cc1cc(Br)ccc1NC(=O)Cc1cc(=O)[nH]c(SCc2ccc(F)cc2)n1. The molecule has 0 aliphatic carbocycles. The molecule has 144 valence electrons. The number of rotatable bonds is 6. The molecule has 0 atom stereocenters. The van der Waals surface area contributed by atoms with Crippen LogP contribution in [-0.2, 0) is 17.0 Å². The lowest BCUT2D eigenvalue weighted by atomic mass is 10.2. The highest BCUT2D eigenvalue weighted by Crippen LogP contribution is 2.21. The van der Waals surface area contributed by atoms with Gasteiger partial charge in [-0.2, -0.15) is 0 Å². The van der Waals surface area contributed by atoms with Crippen LogP contribution in [0.15, 0.2) is 63.0 Å². The Bertz CT molecular complexity index is 1050. The first-order chi connectivity index (χ1) is 13.4. The van der Waals surface area contributed by atoms with E-state index in [-0.39, 0.29) is 23.7 Å². The van der Waals surface area contributed by atoms with Gasteiger partial charge in [-0.25, -0.2) is 9.37 Å². The first kappa shape index (κ1) is 20.3. The van der Waals surface area contributed by atoms with Crippen LogP contribution in [0.5, 0.6) is 0 Å². The van der Waals surface area contributed by atoms with Crippen LogP contribution in [0.1, 0.15) is 16.8 Å². The summed E-state index contributed by atoms with van der Waals surface area (Å²) >= 11 is 4.70. The molecule has 1 aromatic heterocycles. The van der Waals surface area contributed by atoms with Crippen LogP contribution in [0.4, 0.5) is 10.1 Å². The number of benzene rings is 2. The molecule has 3 aromatic rings. The zero-order valence-electron chi connectivity index (χ0n) is 15.0. The van der Waals surface area contributed by atoms with Gasteiger partial charge in [-0.15, -0.1) is 0 Å². The van der Waals surface area contributed by atoms with E-state index in [9.17, 15) is 14.0 Å². The standard InChI is InChI=1S/C20H17BrFN3O2S/c1-12-8-14(21)4-7-17(12)24-18(26)9-16-10-19(27)25-20(23-16)28-11-13-2-5-15(22)6-3-13/h2-8,10H,9,11H2,1H3,(H,24,26)(H,23,25,27). The van der Waals surface area contributed by atoms with E-state index >= 15 is 0 Å². The topological polar surface area (TPSA) is 74.8 Å². The number of thioether (sulfide) groups is 1. The van der Waals surface area contributed by atoms with Gasteiger partial charge in [0.1, 0.15) is 5.82 Å². The third-order valence-electron chi connectivity index (χ3n) is 3.87. The predicted molar refractivity (Wildman–Crippen MR) is 112 cm³/mol. The summed E-state index contributed by atoms with van der Waals surface area (Å²) in [4.78, 5) is 31.2. The minimum atomic E-state index is -0.320. The number of H-pyrrole nitrogens is 1. The van der Waals surface area contributed by atoms with Gasteiger partial charge in [0.05, 0.1) is 12.1 Å². The molecule has 2 aromatic carbocycles. The van der Waals surface area contributed by atoms with Crippen molar-refractivity contribution in [3.63, 3.8) is 0 Å². The Morgan fingerprint density at radius 3 is 2.68 bits per heavy atom. The Morgan fingerprint density at radius 2 is 1.96 bits per heavy atom. The van der Waals surface area contributed by atoms with E-state index < -0.39 is 0 Å². The number of aromatic amines is 1. The fourth-order valence-electron chi connectivity index (χ4n) is 2.50. The zero-order valence-corrected chi connectivity index (χ0v) is 17.4. The maximum Gasteiger partial charge on any atom is 0.251 e. The molecular weight excluding hydrogens is 445 g/mol. The molecule has 2 N–H and O–H groups in total. The van der Waals surface area contributed by atoms with Crippen LogP contribution < -0.4 is 10.9 Å². The summed E-state index contributed by atoms with van der Waals surface area (Å²) in [6.07, 6.45) is -0.0104. The van der Waals surface area contributed by atoms with Crippen LogP contribution in [0.2, 0.25) is 0 Å². The third kappa shape index (κ3) is 5.77. The van der Waals surface area contributed by atoms with E-state index in [0.717, 1.165) is 15.6 Å². The lowest BCUT2D eigenvalue weighted by Gasteiger charge is -2.09. The predicted octanol–water partition coefficient (Wildman–Crippen LogP) is 4.45. The summed E-state index contributed by atoms with van der Waals surface area (Å²) in [6.45, 7) is 1.90.